The molecule has 0 aliphatic heterocycles. The van der Waals surface area contributed by atoms with Crippen LogP contribution in [0.3, 0.4) is 0 Å². The van der Waals surface area contributed by atoms with Crippen molar-refractivity contribution in [2.75, 3.05) is 11.1 Å². The fourth-order valence-corrected chi connectivity index (χ4v) is 2.68. The Morgan fingerprint density at radius 3 is 2.59 bits per heavy atom. The van der Waals surface area contributed by atoms with Crippen molar-refractivity contribution in [3.05, 3.63) is 64.2 Å². The summed E-state index contributed by atoms with van der Waals surface area (Å²) in [6.07, 6.45) is -1.21. The fraction of sp³-hybridized carbons (Fsp3) is 0.176. The minimum Gasteiger partial charge on any atom is -0.452 e. The number of thioether (sulfide) groups is 1. The van der Waals surface area contributed by atoms with Crippen molar-refractivity contribution >= 4 is 35.0 Å². The van der Waals surface area contributed by atoms with Crippen LogP contribution in [0, 0.1) is 21.7 Å². The summed E-state index contributed by atoms with van der Waals surface area (Å²) >= 11 is 0.922. The van der Waals surface area contributed by atoms with Crippen LogP contribution in [0.2, 0.25) is 0 Å². The molecule has 0 unspecified atom stereocenters. The van der Waals surface area contributed by atoms with E-state index in [1.807, 2.05) is 0 Å². The normalized spacial score (nSPS) is 11.5. The quantitative estimate of drug-likeness (QED) is 0.333. The number of ether oxygens (including phenoxy) is 1. The van der Waals surface area contributed by atoms with Crippen molar-refractivity contribution < 1.29 is 28.0 Å². The Morgan fingerprint density at radius 1 is 1.22 bits per heavy atom. The van der Waals surface area contributed by atoms with Crippen molar-refractivity contribution in [1.29, 1.82) is 0 Å². The zero-order valence-electron chi connectivity index (χ0n) is 14.0. The number of nitrogens with zero attached hydrogens (tertiary/aromatic N) is 1. The standard InChI is InChI=1S/C17H14F2N2O5S/c1-10(26-16(22)9-27-15-5-3-2-4-13(15)19)17(23)20-11-6-7-12(18)14(8-11)21(24)25/h2-8,10H,9H2,1H3,(H,20,23)/t10-/m0/s1. The molecular weight excluding hydrogens is 382 g/mol. The van der Waals surface area contributed by atoms with Crippen LogP contribution in [0.1, 0.15) is 6.92 Å². The molecule has 27 heavy (non-hydrogen) atoms. The minimum atomic E-state index is -1.21. The molecule has 2 rings (SSSR count). The van der Waals surface area contributed by atoms with Gasteiger partial charge in [0.1, 0.15) is 5.82 Å². The van der Waals surface area contributed by atoms with E-state index in [2.05, 4.69) is 5.32 Å². The smallest absolute Gasteiger partial charge is 0.317 e. The van der Waals surface area contributed by atoms with Crippen LogP contribution in [0.5, 0.6) is 0 Å². The first-order valence-electron chi connectivity index (χ1n) is 7.59. The highest BCUT2D eigenvalue weighted by molar-refractivity contribution is 8.00. The lowest BCUT2D eigenvalue weighted by Gasteiger charge is -2.13. The van der Waals surface area contributed by atoms with E-state index in [1.165, 1.54) is 25.1 Å². The van der Waals surface area contributed by atoms with E-state index in [1.54, 1.807) is 6.07 Å². The van der Waals surface area contributed by atoms with Gasteiger partial charge in [0.05, 0.1) is 10.7 Å². The molecule has 0 aromatic heterocycles. The highest BCUT2D eigenvalue weighted by Crippen LogP contribution is 2.23. The Bertz CT molecular complexity index is 878. The summed E-state index contributed by atoms with van der Waals surface area (Å²) in [4.78, 5) is 33.9. The van der Waals surface area contributed by atoms with E-state index in [-0.39, 0.29) is 16.3 Å². The van der Waals surface area contributed by atoms with Gasteiger partial charge in [-0.1, -0.05) is 12.1 Å². The van der Waals surface area contributed by atoms with Gasteiger partial charge in [-0.25, -0.2) is 4.39 Å². The molecule has 7 nitrogen and oxygen atoms in total. The Balaban J connectivity index is 1.90. The van der Waals surface area contributed by atoms with Crippen molar-refractivity contribution in [3.63, 3.8) is 0 Å². The van der Waals surface area contributed by atoms with Crippen LogP contribution < -0.4 is 5.32 Å². The Hall–Kier alpha value is -3.01. The molecule has 1 atom stereocenters. The second kappa shape index (κ2) is 9.08. The molecule has 0 heterocycles. The summed E-state index contributed by atoms with van der Waals surface area (Å²) in [5, 5.41) is 13.0. The van der Waals surface area contributed by atoms with Crippen LogP contribution in [-0.4, -0.2) is 28.7 Å². The van der Waals surface area contributed by atoms with Crippen LogP contribution in [0.4, 0.5) is 20.2 Å². The molecule has 0 saturated heterocycles. The molecule has 2 aromatic rings. The van der Waals surface area contributed by atoms with Gasteiger partial charge in [-0.3, -0.25) is 19.7 Å². The number of anilines is 1. The zero-order chi connectivity index (χ0) is 20.0. The summed E-state index contributed by atoms with van der Waals surface area (Å²) in [6, 6.07) is 8.74. The Labute approximate surface area is 156 Å². The van der Waals surface area contributed by atoms with Crippen molar-refractivity contribution in [2.45, 2.75) is 17.9 Å². The molecule has 1 amide bonds. The number of hydrogen-bond donors (Lipinski definition) is 1. The number of nitro groups is 1. The number of carbonyl (C=O) groups is 2. The molecule has 0 fully saturated rings. The third kappa shape index (κ3) is 5.74. The van der Waals surface area contributed by atoms with Crippen LogP contribution in [-0.2, 0) is 14.3 Å². The first-order chi connectivity index (χ1) is 12.8. The number of rotatable bonds is 7. The van der Waals surface area contributed by atoms with Gasteiger partial charge in [-0.15, -0.1) is 11.8 Å². The topological polar surface area (TPSA) is 98.5 Å². The number of carbonyl (C=O) groups excluding carboxylic acids is 2. The molecule has 0 bridgehead atoms. The van der Waals surface area contributed by atoms with Crippen LogP contribution in [0.25, 0.3) is 0 Å². The van der Waals surface area contributed by atoms with Gasteiger partial charge in [-0.05, 0) is 31.2 Å². The molecule has 0 aliphatic rings. The number of hydrogen-bond acceptors (Lipinski definition) is 6. The highest BCUT2D eigenvalue weighted by Gasteiger charge is 2.20. The fourth-order valence-electron chi connectivity index (χ4n) is 1.96. The molecule has 0 saturated carbocycles. The average Bonchev–Trinajstić information content (AvgIpc) is 2.62. The second-order valence-corrected chi connectivity index (χ2v) is 6.28. The van der Waals surface area contributed by atoms with Gasteiger partial charge >= 0.3 is 11.7 Å². The number of nitro benzene ring substituents is 1. The first kappa shape index (κ1) is 20.3. The highest BCUT2D eigenvalue weighted by atomic mass is 32.2. The van der Waals surface area contributed by atoms with Crippen molar-refractivity contribution in [2.24, 2.45) is 0 Å². The van der Waals surface area contributed by atoms with E-state index in [0.29, 0.717) is 0 Å². The average molecular weight is 396 g/mol. The van der Waals surface area contributed by atoms with E-state index in [9.17, 15) is 28.5 Å². The monoisotopic (exact) mass is 396 g/mol. The molecule has 1 N–H and O–H groups in total. The van der Waals surface area contributed by atoms with E-state index in [0.717, 1.165) is 30.0 Å². The van der Waals surface area contributed by atoms with Gasteiger partial charge in [0.15, 0.2) is 6.10 Å². The molecule has 142 valence electrons. The van der Waals surface area contributed by atoms with Gasteiger partial charge in [0.25, 0.3) is 5.91 Å². The molecule has 0 aliphatic carbocycles. The number of amides is 1. The van der Waals surface area contributed by atoms with E-state index >= 15 is 0 Å². The third-order valence-electron chi connectivity index (χ3n) is 3.27. The largest absolute Gasteiger partial charge is 0.452 e. The van der Waals surface area contributed by atoms with Gasteiger partial charge in [-0.2, -0.15) is 4.39 Å². The molecule has 0 spiro atoms. The Morgan fingerprint density at radius 2 is 1.93 bits per heavy atom. The predicted molar refractivity (Wildman–Crippen MR) is 94.4 cm³/mol. The predicted octanol–water partition coefficient (Wildman–Crippen LogP) is 3.54. The number of nitrogens with one attached hydrogen (secondary N) is 1. The molecule has 0 radical (unpaired) electrons. The van der Waals surface area contributed by atoms with E-state index in [4.69, 9.17) is 4.74 Å². The lowest BCUT2D eigenvalue weighted by molar-refractivity contribution is -0.387. The minimum absolute atomic E-state index is 0.0169. The summed E-state index contributed by atoms with van der Waals surface area (Å²) < 4.78 is 31.7. The number of benzene rings is 2. The summed E-state index contributed by atoms with van der Waals surface area (Å²) in [7, 11) is 0. The Kier molecular flexibility index (Phi) is 6.83. The molecule has 2 aromatic carbocycles. The van der Waals surface area contributed by atoms with Crippen molar-refractivity contribution in [3.8, 4) is 0 Å². The third-order valence-corrected chi connectivity index (χ3v) is 4.29. The van der Waals surface area contributed by atoms with E-state index < -0.39 is 40.2 Å². The summed E-state index contributed by atoms with van der Waals surface area (Å²) in [5.74, 6) is -3.21. The molecular formula is C17H14F2N2O5S. The first-order valence-corrected chi connectivity index (χ1v) is 8.58. The lowest BCUT2D eigenvalue weighted by atomic mass is 10.2. The summed E-state index contributed by atoms with van der Waals surface area (Å²) in [5.41, 5.74) is -0.810. The second-order valence-electron chi connectivity index (χ2n) is 5.26. The summed E-state index contributed by atoms with van der Waals surface area (Å²) in [6.45, 7) is 1.30. The SMILES string of the molecule is C[C@H](OC(=O)CSc1ccccc1F)C(=O)Nc1ccc(F)c([N+](=O)[O-])c1. The van der Waals surface area contributed by atoms with Crippen LogP contribution >= 0.6 is 11.8 Å². The lowest BCUT2D eigenvalue weighted by Crippen LogP contribution is -2.30. The molecule has 10 heteroatoms. The van der Waals surface area contributed by atoms with Gasteiger partial charge < -0.3 is 10.1 Å². The maximum atomic E-state index is 13.5. The maximum absolute atomic E-state index is 13.5. The number of esters is 1. The van der Waals surface area contributed by atoms with Crippen molar-refractivity contribution in [1.82, 2.24) is 0 Å². The zero-order valence-corrected chi connectivity index (χ0v) is 14.8. The maximum Gasteiger partial charge on any atom is 0.317 e. The number of halogens is 2. The van der Waals surface area contributed by atoms with Gasteiger partial charge in [0, 0.05) is 16.6 Å². The van der Waals surface area contributed by atoms with Crippen LogP contribution in [0.15, 0.2) is 47.4 Å². The van der Waals surface area contributed by atoms with Gasteiger partial charge in [0.2, 0.25) is 5.82 Å².